The van der Waals surface area contributed by atoms with Gasteiger partial charge in [-0.1, -0.05) is 17.7 Å². The fourth-order valence-corrected chi connectivity index (χ4v) is 3.15. The molecule has 0 aliphatic carbocycles. The molecule has 1 atom stereocenters. The van der Waals surface area contributed by atoms with Gasteiger partial charge in [0.2, 0.25) is 0 Å². The summed E-state index contributed by atoms with van der Waals surface area (Å²) < 4.78 is 4.92. The highest BCUT2D eigenvalue weighted by Crippen LogP contribution is 2.40. The second-order valence-electron chi connectivity index (χ2n) is 6.07. The van der Waals surface area contributed by atoms with Gasteiger partial charge < -0.3 is 9.64 Å². The fraction of sp³-hybridized carbons (Fsp3) is 0.471. The molecule has 2 rings (SSSR count). The van der Waals surface area contributed by atoms with Crippen molar-refractivity contribution in [2.45, 2.75) is 46.2 Å². The van der Waals surface area contributed by atoms with Crippen LogP contribution in [0, 0.1) is 6.92 Å². The minimum atomic E-state index is -0.319. The Morgan fingerprint density at radius 3 is 2.55 bits per heavy atom. The lowest BCUT2D eigenvalue weighted by atomic mass is 9.87. The van der Waals surface area contributed by atoms with E-state index in [1.165, 1.54) is 23.8 Å². The van der Waals surface area contributed by atoms with Crippen molar-refractivity contribution < 1.29 is 9.53 Å². The number of ether oxygens (including phenoxy) is 1. The number of hydrogen-bond donors (Lipinski definition) is 0. The van der Waals surface area contributed by atoms with Gasteiger partial charge in [0, 0.05) is 11.3 Å². The smallest absolute Gasteiger partial charge is 0.328 e. The monoisotopic (exact) mass is 273 g/mol. The number of aryl methyl sites for hydroxylation is 1. The average molecular weight is 273 g/mol. The van der Waals surface area contributed by atoms with Crippen molar-refractivity contribution in [2.24, 2.45) is 0 Å². The van der Waals surface area contributed by atoms with Crippen LogP contribution in [0.3, 0.4) is 0 Å². The van der Waals surface area contributed by atoms with Gasteiger partial charge in [0.05, 0.1) is 12.6 Å². The molecule has 1 aromatic rings. The number of hydrogen-bond acceptors (Lipinski definition) is 3. The number of fused-ring (bicyclic) bond motifs is 1. The van der Waals surface area contributed by atoms with Gasteiger partial charge >= 0.3 is 5.97 Å². The lowest BCUT2D eigenvalue weighted by Crippen LogP contribution is -2.53. The molecule has 3 heteroatoms. The molecule has 0 bridgehead atoms. The van der Waals surface area contributed by atoms with Crippen molar-refractivity contribution in [1.29, 1.82) is 0 Å². The number of methoxy groups -OCH3 is 1. The van der Waals surface area contributed by atoms with Crippen LogP contribution in [-0.2, 0) is 9.53 Å². The van der Waals surface area contributed by atoms with Gasteiger partial charge in [0.1, 0.15) is 6.04 Å². The van der Waals surface area contributed by atoms with Crippen LogP contribution in [0.25, 0.3) is 5.57 Å². The molecule has 1 heterocycles. The van der Waals surface area contributed by atoms with Gasteiger partial charge in [0.15, 0.2) is 0 Å². The maximum atomic E-state index is 12.0. The molecule has 20 heavy (non-hydrogen) atoms. The first kappa shape index (κ1) is 14.6. The summed E-state index contributed by atoms with van der Waals surface area (Å²) in [6.45, 7) is 10.4. The predicted molar refractivity (Wildman–Crippen MR) is 82.9 cm³/mol. The lowest BCUT2D eigenvalue weighted by molar-refractivity contribution is -0.142. The first-order valence-corrected chi connectivity index (χ1v) is 6.95. The zero-order valence-corrected chi connectivity index (χ0v) is 13.2. The summed E-state index contributed by atoms with van der Waals surface area (Å²) in [6.07, 6.45) is 2.22. The van der Waals surface area contributed by atoms with Crippen molar-refractivity contribution in [1.82, 2.24) is 0 Å². The molecule has 0 radical (unpaired) electrons. The Morgan fingerprint density at radius 2 is 1.95 bits per heavy atom. The maximum Gasteiger partial charge on any atom is 0.328 e. The molecule has 3 nitrogen and oxygen atoms in total. The van der Waals surface area contributed by atoms with Gasteiger partial charge in [-0.15, -0.1) is 0 Å². The molecule has 0 fully saturated rings. The fourth-order valence-electron chi connectivity index (χ4n) is 3.15. The van der Waals surface area contributed by atoms with E-state index < -0.39 is 0 Å². The summed E-state index contributed by atoms with van der Waals surface area (Å²) in [5.41, 5.74) is 4.54. The van der Waals surface area contributed by atoms with E-state index >= 15 is 0 Å². The average Bonchev–Trinajstić information content (AvgIpc) is 2.37. The summed E-state index contributed by atoms with van der Waals surface area (Å²) in [6, 6.07) is 6.04. The first-order chi connectivity index (χ1) is 9.27. The molecular formula is C17H23NO2. The number of rotatable bonds is 2. The molecule has 1 aliphatic rings. The summed E-state index contributed by atoms with van der Waals surface area (Å²) >= 11 is 0. The van der Waals surface area contributed by atoms with E-state index in [0.717, 1.165) is 5.69 Å². The largest absolute Gasteiger partial charge is 0.467 e. The Hall–Kier alpha value is -1.77. The highest BCUT2D eigenvalue weighted by Gasteiger charge is 2.37. The standard InChI is InChI=1S/C17H23NO2/c1-11-7-8-15-14(9-11)12(2)10-17(4,5)18(15)13(3)16(19)20-6/h7-10,13H,1-6H3. The van der Waals surface area contributed by atoms with E-state index in [0.29, 0.717) is 0 Å². The topological polar surface area (TPSA) is 29.5 Å². The van der Waals surface area contributed by atoms with E-state index in [1.54, 1.807) is 0 Å². The van der Waals surface area contributed by atoms with Crippen LogP contribution in [0.15, 0.2) is 24.3 Å². The van der Waals surface area contributed by atoms with Gasteiger partial charge in [-0.3, -0.25) is 0 Å². The van der Waals surface area contributed by atoms with Crippen LogP contribution < -0.4 is 4.90 Å². The molecule has 108 valence electrons. The second-order valence-corrected chi connectivity index (χ2v) is 6.07. The Balaban J connectivity index is 2.59. The maximum absolute atomic E-state index is 12.0. The van der Waals surface area contributed by atoms with Gasteiger partial charge in [-0.25, -0.2) is 4.79 Å². The SMILES string of the molecule is COC(=O)C(C)N1c2ccc(C)cc2C(C)=CC1(C)C. The van der Waals surface area contributed by atoms with E-state index in [1.807, 2.05) is 6.92 Å². The van der Waals surface area contributed by atoms with Crippen LogP contribution >= 0.6 is 0 Å². The van der Waals surface area contributed by atoms with E-state index in [9.17, 15) is 4.79 Å². The number of nitrogens with zero attached hydrogens (tertiary/aromatic N) is 1. The van der Waals surface area contributed by atoms with Crippen LogP contribution in [0.2, 0.25) is 0 Å². The van der Waals surface area contributed by atoms with Crippen LogP contribution in [0.5, 0.6) is 0 Å². The molecule has 0 N–H and O–H groups in total. The number of carbonyl (C=O) groups excluding carboxylic acids is 1. The van der Waals surface area contributed by atoms with Gasteiger partial charge in [-0.2, -0.15) is 0 Å². The number of benzene rings is 1. The van der Waals surface area contributed by atoms with Crippen LogP contribution in [0.1, 0.15) is 38.8 Å². The Labute approximate surface area is 121 Å². The Kier molecular flexibility index (Phi) is 3.63. The van der Waals surface area contributed by atoms with Crippen molar-refractivity contribution >= 4 is 17.2 Å². The van der Waals surface area contributed by atoms with Crippen molar-refractivity contribution in [3.8, 4) is 0 Å². The van der Waals surface area contributed by atoms with E-state index in [2.05, 4.69) is 56.9 Å². The van der Waals surface area contributed by atoms with Crippen molar-refractivity contribution in [3.63, 3.8) is 0 Å². The minimum Gasteiger partial charge on any atom is -0.467 e. The molecule has 0 saturated heterocycles. The first-order valence-electron chi connectivity index (χ1n) is 6.95. The summed E-state index contributed by atoms with van der Waals surface area (Å²) in [5.74, 6) is -0.211. The van der Waals surface area contributed by atoms with Gasteiger partial charge in [-0.05, 0) is 52.3 Å². The number of esters is 1. The highest BCUT2D eigenvalue weighted by molar-refractivity contribution is 5.87. The molecule has 1 aliphatic heterocycles. The third-order valence-electron chi connectivity index (χ3n) is 3.96. The van der Waals surface area contributed by atoms with Crippen molar-refractivity contribution in [3.05, 3.63) is 35.4 Å². The zero-order chi connectivity index (χ0) is 15.1. The molecule has 0 aromatic heterocycles. The third kappa shape index (κ3) is 2.33. The second kappa shape index (κ2) is 4.97. The molecule has 0 amide bonds. The minimum absolute atomic E-state index is 0.211. The summed E-state index contributed by atoms with van der Waals surface area (Å²) in [5, 5.41) is 0. The third-order valence-corrected chi connectivity index (χ3v) is 3.96. The molecule has 1 aromatic carbocycles. The lowest BCUT2D eigenvalue weighted by Gasteiger charge is -2.45. The molecule has 1 unspecified atom stereocenters. The molecule has 0 saturated carbocycles. The number of carbonyl (C=O) groups is 1. The quantitative estimate of drug-likeness (QED) is 0.772. The Bertz CT molecular complexity index is 572. The Morgan fingerprint density at radius 1 is 1.30 bits per heavy atom. The van der Waals surface area contributed by atoms with E-state index in [-0.39, 0.29) is 17.6 Å². The van der Waals surface area contributed by atoms with Crippen LogP contribution in [0.4, 0.5) is 5.69 Å². The molecular weight excluding hydrogens is 250 g/mol. The highest BCUT2D eigenvalue weighted by atomic mass is 16.5. The molecule has 0 spiro atoms. The van der Waals surface area contributed by atoms with Crippen molar-refractivity contribution in [2.75, 3.05) is 12.0 Å². The normalized spacial score (nSPS) is 18.1. The zero-order valence-electron chi connectivity index (χ0n) is 13.2. The van der Waals surface area contributed by atoms with Crippen LogP contribution in [-0.4, -0.2) is 24.7 Å². The van der Waals surface area contributed by atoms with Gasteiger partial charge in [0.25, 0.3) is 0 Å². The number of allylic oxidation sites excluding steroid dienone is 1. The predicted octanol–water partition coefficient (Wildman–Crippen LogP) is 3.56. The summed E-state index contributed by atoms with van der Waals surface area (Å²) in [7, 11) is 1.44. The number of anilines is 1. The van der Waals surface area contributed by atoms with E-state index in [4.69, 9.17) is 4.74 Å². The summed E-state index contributed by atoms with van der Waals surface area (Å²) in [4.78, 5) is 14.1.